The van der Waals surface area contributed by atoms with Crippen LogP contribution in [0.3, 0.4) is 0 Å². The first-order chi connectivity index (χ1) is 16.3. The predicted octanol–water partition coefficient (Wildman–Crippen LogP) is 3.16. The Labute approximate surface area is 210 Å². The molecule has 0 atom stereocenters. The third-order valence-electron chi connectivity index (χ3n) is 6.13. The molecule has 0 saturated carbocycles. The fourth-order valence-corrected chi connectivity index (χ4v) is 6.66. The smallest absolute Gasteiger partial charge is 0.211 e. The van der Waals surface area contributed by atoms with E-state index in [1.165, 1.54) is 24.3 Å². The number of nitrogens with zero attached hydrogens (tertiary/aromatic N) is 5. The van der Waals surface area contributed by atoms with Crippen molar-refractivity contribution in [2.45, 2.75) is 35.9 Å². The molecule has 2 aromatic heterocycles. The lowest BCUT2D eigenvalue weighted by molar-refractivity contribution is 0.171. The van der Waals surface area contributed by atoms with Crippen LogP contribution in [0.15, 0.2) is 33.0 Å². The van der Waals surface area contributed by atoms with Gasteiger partial charge in [-0.15, -0.1) is 0 Å². The van der Waals surface area contributed by atoms with E-state index in [0.717, 1.165) is 33.8 Å². The van der Waals surface area contributed by atoms with Crippen LogP contribution in [-0.2, 0) is 16.6 Å². The number of imidazole rings is 1. The van der Waals surface area contributed by atoms with Crippen LogP contribution in [0.5, 0.6) is 11.5 Å². The van der Waals surface area contributed by atoms with Crippen molar-refractivity contribution >= 4 is 54.7 Å². The highest BCUT2D eigenvalue weighted by Gasteiger charge is 2.26. The summed E-state index contributed by atoms with van der Waals surface area (Å²) in [6.07, 6.45) is 5.30. The number of halogens is 1. The minimum atomic E-state index is -3.13. The van der Waals surface area contributed by atoms with Gasteiger partial charge in [0.2, 0.25) is 10.0 Å². The molecular formula is C21H25BrN6O4S2. The third kappa shape index (κ3) is 4.83. The lowest BCUT2D eigenvalue weighted by Crippen LogP contribution is -2.37. The lowest BCUT2D eigenvalue weighted by Gasteiger charge is -2.30. The van der Waals surface area contributed by atoms with Gasteiger partial charge in [-0.05, 0) is 53.2 Å². The summed E-state index contributed by atoms with van der Waals surface area (Å²) in [5.74, 6) is 2.19. The molecule has 0 unspecified atom stereocenters. The maximum atomic E-state index is 11.8. The monoisotopic (exact) mass is 568 g/mol. The van der Waals surface area contributed by atoms with Crippen LogP contribution in [0.1, 0.15) is 19.3 Å². The Morgan fingerprint density at radius 3 is 2.59 bits per heavy atom. The SMILES string of the molecule is CS(=O)(=O)N1CCC(CCn2c(Sc3cc4c(cc3Br)OCCO4)nc3c(N)ncnc32)CC1. The lowest BCUT2D eigenvalue weighted by atomic mass is 9.95. The Bertz CT molecular complexity index is 1320. The molecule has 5 rings (SSSR count). The molecule has 0 radical (unpaired) electrons. The maximum Gasteiger partial charge on any atom is 0.211 e. The van der Waals surface area contributed by atoms with Crippen molar-refractivity contribution in [2.24, 2.45) is 5.92 Å². The molecule has 1 aromatic carbocycles. The van der Waals surface area contributed by atoms with Gasteiger partial charge in [0.1, 0.15) is 19.5 Å². The standard InChI is InChI=1S/C21H25BrN6O4S2/c1-34(29,30)27-5-2-13(3-6-27)4-7-28-20-18(19(23)24-12-25-20)26-21(28)33-17-11-16-15(10-14(17)22)31-8-9-32-16/h10-13H,2-9H2,1H3,(H2,23,24,25). The largest absolute Gasteiger partial charge is 0.486 e. The second-order valence-corrected chi connectivity index (χ2v) is 12.2. The van der Waals surface area contributed by atoms with E-state index in [-0.39, 0.29) is 0 Å². The Kier molecular flexibility index (Phi) is 6.62. The van der Waals surface area contributed by atoms with E-state index in [2.05, 4.69) is 30.5 Å². The van der Waals surface area contributed by atoms with Crippen LogP contribution < -0.4 is 15.2 Å². The van der Waals surface area contributed by atoms with Crippen molar-refractivity contribution in [1.82, 2.24) is 23.8 Å². The molecule has 2 aliphatic rings. The van der Waals surface area contributed by atoms with Gasteiger partial charge in [-0.2, -0.15) is 0 Å². The Hall–Kier alpha value is -2.09. The fraction of sp³-hybridized carbons (Fsp3) is 0.476. The summed E-state index contributed by atoms with van der Waals surface area (Å²) < 4.78 is 39.6. The molecule has 1 saturated heterocycles. The number of nitrogens with two attached hydrogens (primary N) is 1. The molecule has 1 fully saturated rings. The van der Waals surface area contributed by atoms with E-state index < -0.39 is 10.0 Å². The summed E-state index contributed by atoms with van der Waals surface area (Å²) in [6, 6.07) is 3.86. The van der Waals surface area contributed by atoms with Gasteiger partial charge in [-0.25, -0.2) is 27.7 Å². The number of ether oxygens (including phenoxy) is 2. The maximum absolute atomic E-state index is 11.8. The van der Waals surface area contributed by atoms with Crippen LogP contribution in [0.2, 0.25) is 0 Å². The molecule has 182 valence electrons. The van der Waals surface area contributed by atoms with Gasteiger partial charge in [0.15, 0.2) is 33.6 Å². The minimum absolute atomic E-state index is 0.341. The predicted molar refractivity (Wildman–Crippen MR) is 133 cm³/mol. The molecule has 4 heterocycles. The molecule has 34 heavy (non-hydrogen) atoms. The topological polar surface area (TPSA) is 125 Å². The van der Waals surface area contributed by atoms with E-state index in [1.54, 1.807) is 4.31 Å². The third-order valence-corrected chi connectivity index (χ3v) is 9.40. The van der Waals surface area contributed by atoms with Gasteiger partial charge in [0.05, 0.1) is 6.26 Å². The van der Waals surface area contributed by atoms with Gasteiger partial charge in [-0.3, -0.25) is 0 Å². The average molecular weight is 570 g/mol. The number of fused-ring (bicyclic) bond motifs is 2. The van der Waals surface area contributed by atoms with Gasteiger partial charge < -0.3 is 19.8 Å². The molecule has 0 amide bonds. The summed E-state index contributed by atoms with van der Waals surface area (Å²) in [5, 5.41) is 0.758. The molecule has 0 spiro atoms. The average Bonchev–Trinajstić information content (AvgIpc) is 3.16. The Morgan fingerprint density at radius 1 is 1.18 bits per heavy atom. The second-order valence-electron chi connectivity index (χ2n) is 8.40. The summed E-state index contributed by atoms with van der Waals surface area (Å²) in [4.78, 5) is 14.3. The van der Waals surface area contributed by atoms with Crippen molar-refractivity contribution in [3.05, 3.63) is 22.9 Å². The molecule has 0 bridgehead atoms. The number of aryl methyl sites for hydroxylation is 1. The number of hydrogen-bond acceptors (Lipinski definition) is 9. The van der Waals surface area contributed by atoms with Crippen LogP contribution in [0, 0.1) is 5.92 Å². The van der Waals surface area contributed by atoms with E-state index in [1.807, 2.05) is 12.1 Å². The molecule has 2 N–H and O–H groups in total. The van der Waals surface area contributed by atoms with E-state index >= 15 is 0 Å². The van der Waals surface area contributed by atoms with Crippen molar-refractivity contribution in [3.8, 4) is 11.5 Å². The first kappa shape index (κ1) is 23.6. The highest BCUT2D eigenvalue weighted by Crippen LogP contribution is 2.42. The van der Waals surface area contributed by atoms with Crippen molar-refractivity contribution in [2.75, 3.05) is 38.3 Å². The number of rotatable bonds is 6. The normalized spacial score (nSPS) is 17.4. The first-order valence-corrected chi connectivity index (χ1v) is 14.4. The number of anilines is 1. The zero-order chi connectivity index (χ0) is 23.9. The molecule has 13 heteroatoms. The van der Waals surface area contributed by atoms with Crippen LogP contribution in [-0.4, -0.2) is 64.8 Å². The number of nitrogen functional groups attached to an aromatic ring is 1. The van der Waals surface area contributed by atoms with Crippen LogP contribution >= 0.6 is 27.7 Å². The molecular weight excluding hydrogens is 544 g/mol. The molecule has 2 aliphatic heterocycles. The molecule has 0 aliphatic carbocycles. The summed E-state index contributed by atoms with van der Waals surface area (Å²) in [6.45, 7) is 2.87. The fourth-order valence-electron chi connectivity index (χ4n) is 4.28. The Morgan fingerprint density at radius 2 is 1.88 bits per heavy atom. The highest BCUT2D eigenvalue weighted by molar-refractivity contribution is 9.10. The number of sulfonamides is 1. The van der Waals surface area contributed by atoms with Crippen molar-refractivity contribution < 1.29 is 17.9 Å². The second kappa shape index (κ2) is 9.51. The molecule has 10 nitrogen and oxygen atoms in total. The number of aromatic nitrogens is 4. The van der Waals surface area contributed by atoms with Crippen molar-refractivity contribution in [1.29, 1.82) is 0 Å². The zero-order valence-electron chi connectivity index (χ0n) is 18.6. The van der Waals surface area contributed by atoms with Gasteiger partial charge in [0.25, 0.3) is 0 Å². The number of hydrogen-bond donors (Lipinski definition) is 1. The number of benzene rings is 1. The zero-order valence-corrected chi connectivity index (χ0v) is 21.8. The van der Waals surface area contributed by atoms with Gasteiger partial charge in [-0.1, -0.05) is 11.8 Å². The minimum Gasteiger partial charge on any atom is -0.486 e. The number of piperidine rings is 1. The quantitative estimate of drug-likeness (QED) is 0.477. The highest BCUT2D eigenvalue weighted by atomic mass is 79.9. The van der Waals surface area contributed by atoms with E-state index in [0.29, 0.717) is 67.2 Å². The Balaban J connectivity index is 1.39. The summed E-state index contributed by atoms with van der Waals surface area (Å²) >= 11 is 5.14. The first-order valence-electron chi connectivity index (χ1n) is 11.0. The van der Waals surface area contributed by atoms with E-state index in [4.69, 9.17) is 20.2 Å². The molecule has 3 aromatic rings. The summed E-state index contributed by atoms with van der Waals surface area (Å²) in [7, 11) is -3.13. The van der Waals surface area contributed by atoms with Gasteiger partial charge in [0, 0.05) is 29.0 Å². The van der Waals surface area contributed by atoms with Gasteiger partial charge >= 0.3 is 0 Å². The van der Waals surface area contributed by atoms with E-state index in [9.17, 15) is 8.42 Å². The van der Waals surface area contributed by atoms with Crippen molar-refractivity contribution in [3.63, 3.8) is 0 Å². The summed E-state index contributed by atoms with van der Waals surface area (Å²) in [5.41, 5.74) is 7.37. The van der Waals surface area contributed by atoms with Crippen LogP contribution in [0.25, 0.3) is 11.2 Å². The van der Waals surface area contributed by atoms with Crippen LogP contribution in [0.4, 0.5) is 5.82 Å².